The molecule has 2 aliphatic rings. The van der Waals surface area contributed by atoms with Gasteiger partial charge in [-0.1, -0.05) is 87.6 Å². The monoisotopic (exact) mass is 405 g/mol. The van der Waals surface area contributed by atoms with Gasteiger partial charge in [-0.2, -0.15) is 0 Å². The lowest BCUT2D eigenvalue weighted by molar-refractivity contribution is 0.246. The Hall–Kier alpha value is -2.64. The largest absolute Gasteiger partial charge is 0.295 e. The zero-order chi connectivity index (χ0) is 20.8. The van der Waals surface area contributed by atoms with E-state index in [0.29, 0.717) is 0 Å². The topological polar surface area (TPSA) is 3.24 Å². The minimum Gasteiger partial charge on any atom is -0.295 e. The predicted octanol–water partition coefficient (Wildman–Crippen LogP) is 8.32. The summed E-state index contributed by atoms with van der Waals surface area (Å²) in [6, 6.07) is 23.1. The summed E-state index contributed by atoms with van der Waals surface area (Å²) in [4.78, 5) is 2.66. The fourth-order valence-electron chi connectivity index (χ4n) is 5.85. The molecular weight excluding hydrogens is 374 g/mol. The molecule has 0 amide bonds. The van der Waals surface area contributed by atoms with Gasteiger partial charge in [-0.05, 0) is 80.0 Å². The van der Waals surface area contributed by atoms with Gasteiger partial charge in [0, 0.05) is 13.1 Å². The van der Waals surface area contributed by atoms with Crippen molar-refractivity contribution in [1.29, 1.82) is 0 Å². The third kappa shape index (κ3) is 3.18. The fourth-order valence-corrected chi connectivity index (χ4v) is 5.85. The SMILES string of the molecule is CCCCCCCCN1Cc2ccc3c4c(ccc(c24)C1)-c1cc2ccccc2cc1-3. The summed E-state index contributed by atoms with van der Waals surface area (Å²) in [6.07, 6.45) is 8.22. The zero-order valence-electron chi connectivity index (χ0n) is 18.6. The van der Waals surface area contributed by atoms with Crippen molar-refractivity contribution in [3.63, 3.8) is 0 Å². The first kappa shape index (κ1) is 19.1. The lowest BCUT2D eigenvalue weighted by atomic mass is 9.91. The van der Waals surface area contributed by atoms with Gasteiger partial charge in [0.25, 0.3) is 0 Å². The number of hydrogen-bond donors (Lipinski definition) is 0. The molecule has 1 aliphatic carbocycles. The van der Waals surface area contributed by atoms with Gasteiger partial charge in [0.2, 0.25) is 0 Å². The van der Waals surface area contributed by atoms with Crippen molar-refractivity contribution < 1.29 is 0 Å². The Bertz CT molecular complexity index is 1200. The highest BCUT2D eigenvalue weighted by atomic mass is 15.1. The molecule has 0 unspecified atom stereocenters. The molecule has 0 bridgehead atoms. The first-order valence-corrected chi connectivity index (χ1v) is 12.2. The van der Waals surface area contributed by atoms with Gasteiger partial charge in [0.1, 0.15) is 0 Å². The van der Waals surface area contributed by atoms with E-state index in [-0.39, 0.29) is 0 Å². The fraction of sp³-hybridized carbons (Fsp3) is 0.333. The van der Waals surface area contributed by atoms with E-state index in [1.165, 1.54) is 100.0 Å². The molecule has 6 rings (SSSR count). The molecule has 0 spiro atoms. The van der Waals surface area contributed by atoms with Gasteiger partial charge in [-0.25, -0.2) is 0 Å². The summed E-state index contributed by atoms with van der Waals surface area (Å²) >= 11 is 0. The van der Waals surface area contributed by atoms with Crippen LogP contribution in [0.4, 0.5) is 0 Å². The molecule has 0 aromatic heterocycles. The number of unbranched alkanes of at least 4 members (excludes halogenated alkanes) is 5. The lowest BCUT2D eigenvalue weighted by Gasteiger charge is -2.29. The average molecular weight is 406 g/mol. The van der Waals surface area contributed by atoms with Gasteiger partial charge in [-0.15, -0.1) is 0 Å². The van der Waals surface area contributed by atoms with E-state index in [2.05, 4.69) is 72.5 Å². The molecular formula is C30H31N. The molecule has 156 valence electrons. The van der Waals surface area contributed by atoms with Crippen LogP contribution in [0.3, 0.4) is 0 Å². The third-order valence-corrected chi connectivity index (χ3v) is 7.42. The Morgan fingerprint density at radius 3 is 1.81 bits per heavy atom. The molecule has 0 atom stereocenters. The Balaban J connectivity index is 1.32. The summed E-state index contributed by atoms with van der Waals surface area (Å²) in [5, 5.41) is 5.71. The third-order valence-electron chi connectivity index (χ3n) is 7.42. The second-order valence-electron chi connectivity index (χ2n) is 9.52. The Morgan fingerprint density at radius 2 is 1.19 bits per heavy atom. The second kappa shape index (κ2) is 7.80. The minimum absolute atomic E-state index is 1.10. The van der Waals surface area contributed by atoms with Crippen molar-refractivity contribution in [3.05, 3.63) is 71.8 Å². The van der Waals surface area contributed by atoms with Gasteiger partial charge >= 0.3 is 0 Å². The Labute approximate surface area is 185 Å². The van der Waals surface area contributed by atoms with Crippen LogP contribution in [0, 0.1) is 0 Å². The highest BCUT2D eigenvalue weighted by Gasteiger charge is 2.27. The summed E-state index contributed by atoms with van der Waals surface area (Å²) in [6.45, 7) is 5.71. The quantitative estimate of drug-likeness (QED) is 0.246. The maximum atomic E-state index is 2.66. The van der Waals surface area contributed by atoms with Crippen LogP contribution in [0.25, 0.3) is 43.8 Å². The van der Waals surface area contributed by atoms with Gasteiger partial charge in [0.15, 0.2) is 0 Å². The molecule has 4 aromatic carbocycles. The van der Waals surface area contributed by atoms with Crippen molar-refractivity contribution in [3.8, 4) is 22.3 Å². The van der Waals surface area contributed by atoms with Crippen molar-refractivity contribution in [2.75, 3.05) is 6.54 Å². The van der Waals surface area contributed by atoms with Crippen molar-refractivity contribution >= 4 is 21.5 Å². The van der Waals surface area contributed by atoms with E-state index in [1.807, 2.05) is 0 Å². The van der Waals surface area contributed by atoms with Crippen molar-refractivity contribution in [1.82, 2.24) is 4.90 Å². The maximum Gasteiger partial charge on any atom is 0.0243 e. The molecule has 1 aliphatic heterocycles. The number of rotatable bonds is 7. The summed E-state index contributed by atoms with van der Waals surface area (Å²) < 4.78 is 0. The smallest absolute Gasteiger partial charge is 0.0243 e. The molecule has 1 nitrogen and oxygen atoms in total. The normalized spacial score (nSPS) is 14.5. The van der Waals surface area contributed by atoms with E-state index < -0.39 is 0 Å². The molecule has 0 radical (unpaired) electrons. The van der Waals surface area contributed by atoms with Crippen LogP contribution in [0.5, 0.6) is 0 Å². The van der Waals surface area contributed by atoms with Crippen LogP contribution in [0.15, 0.2) is 60.7 Å². The number of fused-ring (bicyclic) bond motifs is 4. The predicted molar refractivity (Wildman–Crippen MR) is 133 cm³/mol. The van der Waals surface area contributed by atoms with E-state index in [0.717, 1.165) is 13.1 Å². The first-order chi connectivity index (χ1) is 15.3. The number of hydrogen-bond acceptors (Lipinski definition) is 1. The molecule has 0 N–H and O–H groups in total. The maximum absolute atomic E-state index is 2.66. The van der Waals surface area contributed by atoms with Crippen molar-refractivity contribution in [2.45, 2.75) is 58.5 Å². The number of benzene rings is 4. The minimum atomic E-state index is 1.10. The summed E-state index contributed by atoms with van der Waals surface area (Å²) in [5.74, 6) is 0. The Kier molecular flexibility index (Phi) is 4.80. The highest BCUT2D eigenvalue weighted by molar-refractivity contribution is 6.18. The van der Waals surface area contributed by atoms with E-state index in [9.17, 15) is 0 Å². The first-order valence-electron chi connectivity index (χ1n) is 12.2. The van der Waals surface area contributed by atoms with Crippen LogP contribution in [0.1, 0.15) is 56.6 Å². The molecule has 0 fully saturated rings. The van der Waals surface area contributed by atoms with Crippen LogP contribution < -0.4 is 0 Å². The van der Waals surface area contributed by atoms with Crippen LogP contribution >= 0.6 is 0 Å². The second-order valence-corrected chi connectivity index (χ2v) is 9.52. The van der Waals surface area contributed by atoms with Crippen LogP contribution in [0.2, 0.25) is 0 Å². The van der Waals surface area contributed by atoms with Crippen molar-refractivity contribution in [2.24, 2.45) is 0 Å². The molecule has 0 saturated carbocycles. The number of nitrogens with zero attached hydrogens (tertiary/aromatic N) is 1. The average Bonchev–Trinajstić information content (AvgIpc) is 3.12. The van der Waals surface area contributed by atoms with E-state index in [1.54, 1.807) is 0 Å². The molecule has 1 heterocycles. The molecule has 4 aromatic rings. The summed E-state index contributed by atoms with van der Waals surface area (Å²) in [5.41, 5.74) is 8.72. The molecule has 1 heteroatoms. The van der Waals surface area contributed by atoms with E-state index >= 15 is 0 Å². The standard InChI is InChI=1S/C30H31N/c1-2-3-4-5-6-9-16-31-19-23-12-14-25-27-17-21-10-7-8-11-22(21)18-28(27)26-15-13-24(20-31)29(23)30(25)26/h7-8,10-15,17-18H,2-6,9,16,19-20H2,1H3. The molecule has 31 heavy (non-hydrogen) atoms. The lowest BCUT2D eigenvalue weighted by Crippen LogP contribution is -2.27. The van der Waals surface area contributed by atoms with Gasteiger partial charge in [-0.3, -0.25) is 4.90 Å². The van der Waals surface area contributed by atoms with Gasteiger partial charge < -0.3 is 0 Å². The van der Waals surface area contributed by atoms with Crippen LogP contribution in [-0.4, -0.2) is 11.4 Å². The van der Waals surface area contributed by atoms with Crippen LogP contribution in [-0.2, 0) is 13.1 Å². The Morgan fingerprint density at radius 1 is 0.613 bits per heavy atom. The highest BCUT2D eigenvalue weighted by Crippen LogP contribution is 2.50. The van der Waals surface area contributed by atoms with Gasteiger partial charge in [0.05, 0.1) is 0 Å². The summed E-state index contributed by atoms with van der Waals surface area (Å²) in [7, 11) is 0. The van der Waals surface area contributed by atoms with E-state index in [4.69, 9.17) is 0 Å². The zero-order valence-corrected chi connectivity index (χ0v) is 18.6. The molecule has 0 saturated heterocycles.